The highest BCUT2D eigenvalue weighted by Crippen LogP contribution is 2.16. The number of allylic oxidation sites excluding steroid dienone is 1. The lowest BCUT2D eigenvalue weighted by atomic mass is 10.1. The van der Waals surface area contributed by atoms with E-state index < -0.39 is 17.5 Å². The number of carbonyl (C=O) groups excluding carboxylic acids is 1. The topological polar surface area (TPSA) is 61.4 Å². The molecule has 0 fully saturated rings. The number of benzene rings is 1. The number of ether oxygens (including phenoxy) is 1. The molecule has 1 aromatic carbocycles. The Morgan fingerprint density at radius 3 is 2.70 bits per heavy atom. The molecule has 0 aliphatic heterocycles. The monoisotopic (exact) mass is 295 g/mol. The second-order valence-electron chi connectivity index (χ2n) is 4.70. The van der Waals surface area contributed by atoms with Crippen molar-refractivity contribution in [2.24, 2.45) is 5.92 Å². The molecule has 0 spiro atoms. The van der Waals surface area contributed by atoms with Crippen molar-refractivity contribution < 1.29 is 14.1 Å². The number of hydrogen-bond donors (Lipinski definition) is 1. The molecule has 1 N–H and O–H groups in total. The molecule has 0 saturated carbocycles. The van der Waals surface area contributed by atoms with Gasteiger partial charge in [-0.2, -0.15) is 0 Å². The van der Waals surface area contributed by atoms with Gasteiger partial charge in [0.15, 0.2) is 0 Å². The Balaban J connectivity index is 2.37. The van der Waals surface area contributed by atoms with Crippen LogP contribution in [0.3, 0.4) is 0 Å². The van der Waals surface area contributed by atoms with E-state index in [0.29, 0.717) is 5.75 Å². The summed E-state index contributed by atoms with van der Waals surface area (Å²) in [5.41, 5.74) is 0.897. The molecule has 0 aliphatic carbocycles. The maximum Gasteiger partial charge on any atom is 0.449 e. The second-order valence-corrected chi connectivity index (χ2v) is 5.93. The van der Waals surface area contributed by atoms with Gasteiger partial charge in [-0.25, -0.2) is 4.79 Å². The van der Waals surface area contributed by atoms with E-state index in [2.05, 4.69) is 11.3 Å². The van der Waals surface area contributed by atoms with Crippen LogP contribution in [0.5, 0.6) is 0 Å². The Morgan fingerprint density at radius 2 is 2.10 bits per heavy atom. The minimum atomic E-state index is -1.43. The highest BCUT2D eigenvalue weighted by Gasteiger charge is 2.18. The van der Waals surface area contributed by atoms with Gasteiger partial charge < -0.3 is 9.29 Å². The van der Waals surface area contributed by atoms with Gasteiger partial charge in [-0.15, -0.1) is 11.3 Å². The Labute approximate surface area is 123 Å². The van der Waals surface area contributed by atoms with E-state index in [9.17, 15) is 9.35 Å². The number of nitrogens with one attached hydrogen (secondary N) is 1. The second kappa shape index (κ2) is 8.66. The zero-order chi connectivity index (χ0) is 15.0. The lowest BCUT2D eigenvalue weighted by Crippen LogP contribution is -2.35. The summed E-state index contributed by atoms with van der Waals surface area (Å²) < 4.78 is 19.3. The number of rotatable bonds is 7. The summed E-state index contributed by atoms with van der Waals surface area (Å²) in [4.78, 5) is 11.6. The Hall–Kier alpha value is -1.46. The van der Waals surface area contributed by atoms with Gasteiger partial charge in [0.2, 0.25) is 0 Å². The van der Waals surface area contributed by atoms with Gasteiger partial charge in [0.05, 0.1) is 11.4 Å². The van der Waals surface area contributed by atoms with E-state index in [-0.39, 0.29) is 12.0 Å². The molecule has 0 bridgehead atoms. The molecule has 0 radical (unpaired) electrons. The van der Waals surface area contributed by atoms with Crippen LogP contribution < -0.4 is 4.72 Å². The summed E-state index contributed by atoms with van der Waals surface area (Å²) in [5.74, 6) is 0.598. The molecule has 5 heteroatoms. The third-order valence-electron chi connectivity index (χ3n) is 2.75. The first kappa shape index (κ1) is 16.6. The standard InChI is InChI=1S/C15H21NO3S/c1-4-8-12(2)11-20(18)16-15(17)19-13(3)14-9-6-5-7-10-14/h4-7,9-10,12-13H,1,8,11H2,2-3H3,(H,16,17)/t12-,13-,20+/m0/s1. The van der Waals surface area contributed by atoms with Gasteiger partial charge in [-0.05, 0) is 18.9 Å². The number of amides is 1. The maximum absolute atomic E-state index is 11.7. The third kappa shape index (κ3) is 6.12. The predicted molar refractivity (Wildman–Crippen MR) is 81.5 cm³/mol. The van der Waals surface area contributed by atoms with E-state index in [1.54, 1.807) is 13.0 Å². The minimum absolute atomic E-state index is 0.209. The largest absolute Gasteiger partial charge is 0.593 e. The maximum atomic E-state index is 11.7. The van der Waals surface area contributed by atoms with Crippen molar-refractivity contribution in [3.63, 3.8) is 0 Å². The number of hydrogen-bond acceptors (Lipinski definition) is 3. The van der Waals surface area contributed by atoms with Crippen molar-refractivity contribution in [3.05, 3.63) is 48.6 Å². The van der Waals surface area contributed by atoms with Crippen LogP contribution in [0.2, 0.25) is 0 Å². The predicted octanol–water partition coefficient (Wildman–Crippen LogP) is 3.35. The van der Waals surface area contributed by atoms with Gasteiger partial charge in [0.25, 0.3) is 0 Å². The van der Waals surface area contributed by atoms with Gasteiger partial charge in [-0.3, -0.25) is 0 Å². The fraction of sp³-hybridized carbons (Fsp3) is 0.400. The lowest BCUT2D eigenvalue weighted by molar-refractivity contribution is 0.113. The van der Waals surface area contributed by atoms with Crippen molar-refractivity contribution in [1.29, 1.82) is 0 Å². The molecular formula is C15H21NO3S. The first-order chi connectivity index (χ1) is 9.52. The first-order valence-electron chi connectivity index (χ1n) is 6.54. The molecular weight excluding hydrogens is 274 g/mol. The van der Waals surface area contributed by atoms with Gasteiger partial charge in [0.1, 0.15) is 11.9 Å². The highest BCUT2D eigenvalue weighted by atomic mass is 32.2. The quantitative estimate of drug-likeness (QED) is 0.620. The van der Waals surface area contributed by atoms with Crippen LogP contribution in [0.1, 0.15) is 31.9 Å². The van der Waals surface area contributed by atoms with Gasteiger partial charge in [-0.1, -0.05) is 43.3 Å². The molecule has 0 unspecified atom stereocenters. The zero-order valence-corrected chi connectivity index (χ0v) is 12.7. The summed E-state index contributed by atoms with van der Waals surface area (Å²) in [6.07, 6.45) is 1.50. The Morgan fingerprint density at radius 1 is 1.45 bits per heavy atom. The molecule has 110 valence electrons. The van der Waals surface area contributed by atoms with Crippen LogP contribution >= 0.6 is 0 Å². The molecule has 3 atom stereocenters. The normalized spacial score (nSPS) is 14.9. The van der Waals surface area contributed by atoms with E-state index in [4.69, 9.17) is 4.74 Å². The lowest BCUT2D eigenvalue weighted by Gasteiger charge is -2.17. The van der Waals surface area contributed by atoms with Crippen LogP contribution in [0.15, 0.2) is 43.0 Å². The fourth-order valence-electron chi connectivity index (χ4n) is 1.72. The van der Waals surface area contributed by atoms with Crippen LogP contribution in [-0.4, -0.2) is 16.4 Å². The van der Waals surface area contributed by atoms with Crippen molar-refractivity contribution in [2.45, 2.75) is 26.4 Å². The summed E-state index contributed by atoms with van der Waals surface area (Å²) in [6, 6.07) is 9.40. The Bertz CT molecular complexity index is 424. The van der Waals surface area contributed by atoms with E-state index >= 15 is 0 Å². The summed E-state index contributed by atoms with van der Waals surface area (Å²) in [5, 5.41) is 0. The summed E-state index contributed by atoms with van der Waals surface area (Å²) >= 11 is -1.43. The van der Waals surface area contributed by atoms with Crippen LogP contribution in [0.4, 0.5) is 4.79 Å². The molecule has 0 aliphatic rings. The van der Waals surface area contributed by atoms with Crippen LogP contribution in [-0.2, 0) is 16.1 Å². The Kier molecular flexibility index (Phi) is 7.18. The average molecular weight is 295 g/mol. The highest BCUT2D eigenvalue weighted by molar-refractivity contribution is 7.90. The smallest absolute Gasteiger partial charge is 0.449 e. The summed E-state index contributed by atoms with van der Waals surface area (Å²) in [7, 11) is 0. The third-order valence-corrected chi connectivity index (χ3v) is 4.02. The van der Waals surface area contributed by atoms with Crippen molar-refractivity contribution in [3.8, 4) is 0 Å². The van der Waals surface area contributed by atoms with Gasteiger partial charge in [0, 0.05) is 5.92 Å². The molecule has 0 saturated heterocycles. The minimum Gasteiger partial charge on any atom is -0.593 e. The van der Waals surface area contributed by atoms with Crippen molar-refractivity contribution in [1.82, 2.24) is 4.72 Å². The average Bonchev–Trinajstić information content (AvgIpc) is 2.39. The molecule has 0 aromatic heterocycles. The van der Waals surface area contributed by atoms with Gasteiger partial charge >= 0.3 is 6.09 Å². The van der Waals surface area contributed by atoms with Crippen LogP contribution in [0, 0.1) is 5.92 Å². The zero-order valence-electron chi connectivity index (χ0n) is 11.9. The molecule has 4 nitrogen and oxygen atoms in total. The molecule has 1 rings (SSSR count). The van der Waals surface area contributed by atoms with Crippen LogP contribution in [0.25, 0.3) is 0 Å². The van der Waals surface area contributed by atoms with Crippen molar-refractivity contribution >= 4 is 17.5 Å². The van der Waals surface area contributed by atoms with E-state index in [1.807, 2.05) is 37.3 Å². The molecule has 0 heterocycles. The van der Waals surface area contributed by atoms with Crippen molar-refractivity contribution in [2.75, 3.05) is 5.75 Å². The SMILES string of the molecule is C=CC[C@H](C)C[S@@+]([O-])NC(=O)O[C@@H](C)c1ccccc1. The number of carbonyl (C=O) groups is 1. The summed E-state index contributed by atoms with van der Waals surface area (Å²) in [6.45, 7) is 7.36. The molecule has 1 aromatic rings. The fourth-order valence-corrected chi connectivity index (χ4v) is 2.69. The van der Waals surface area contributed by atoms with E-state index in [0.717, 1.165) is 12.0 Å². The van der Waals surface area contributed by atoms with E-state index in [1.165, 1.54) is 0 Å². The molecule has 20 heavy (non-hydrogen) atoms. The first-order valence-corrected chi connectivity index (χ1v) is 7.86. The molecule has 1 amide bonds.